The number of hydrogen-bond donors (Lipinski definition) is 1. The van der Waals surface area contributed by atoms with Gasteiger partial charge in [-0.1, -0.05) is 41.4 Å². The SMILES string of the molecule is CS(=O)(=O)NC(=O)c1cc(Cl)c(-n2nc(Cl)c3cc(-c4ccc(C(F)(F)F)cc4)ccc32)cc1F. The van der Waals surface area contributed by atoms with Crippen LogP contribution in [-0.4, -0.2) is 30.4 Å². The Morgan fingerprint density at radius 1 is 1.00 bits per heavy atom. The van der Waals surface area contributed by atoms with E-state index in [1.165, 1.54) is 16.8 Å². The molecule has 6 nitrogen and oxygen atoms in total. The van der Waals surface area contributed by atoms with Gasteiger partial charge in [0, 0.05) is 11.5 Å². The van der Waals surface area contributed by atoms with Gasteiger partial charge in [0.1, 0.15) is 5.82 Å². The van der Waals surface area contributed by atoms with E-state index < -0.39 is 39.1 Å². The molecule has 0 aliphatic heterocycles. The maximum Gasteiger partial charge on any atom is 0.416 e. The highest BCUT2D eigenvalue weighted by Gasteiger charge is 2.30. The molecule has 182 valence electrons. The van der Waals surface area contributed by atoms with Crippen molar-refractivity contribution in [3.63, 3.8) is 0 Å². The molecule has 1 heterocycles. The number of amides is 1. The number of benzene rings is 3. The molecule has 1 aromatic heterocycles. The second-order valence-corrected chi connectivity index (χ2v) is 10.0. The first kappa shape index (κ1) is 25.0. The minimum Gasteiger partial charge on any atom is -0.268 e. The Morgan fingerprint density at radius 2 is 1.63 bits per heavy atom. The van der Waals surface area contributed by atoms with Crippen molar-refractivity contribution in [2.24, 2.45) is 0 Å². The van der Waals surface area contributed by atoms with Crippen molar-refractivity contribution in [1.29, 1.82) is 0 Å². The van der Waals surface area contributed by atoms with E-state index in [0.717, 1.165) is 30.5 Å². The van der Waals surface area contributed by atoms with Crippen LogP contribution in [0.5, 0.6) is 0 Å². The van der Waals surface area contributed by atoms with E-state index in [1.807, 2.05) is 0 Å². The normalized spacial score (nSPS) is 12.2. The van der Waals surface area contributed by atoms with Crippen molar-refractivity contribution in [2.45, 2.75) is 6.18 Å². The molecule has 4 rings (SSSR count). The summed E-state index contributed by atoms with van der Waals surface area (Å²) in [6.07, 6.45) is -3.71. The molecule has 0 bridgehead atoms. The zero-order chi connectivity index (χ0) is 25.7. The maximum absolute atomic E-state index is 14.7. The molecule has 0 saturated heterocycles. The highest BCUT2D eigenvalue weighted by atomic mass is 35.5. The molecule has 0 atom stereocenters. The fourth-order valence-corrected chi connectivity index (χ4v) is 4.31. The summed E-state index contributed by atoms with van der Waals surface area (Å²) in [5.41, 5.74) is 0.140. The van der Waals surface area contributed by atoms with E-state index in [1.54, 1.807) is 22.9 Å². The Labute approximate surface area is 206 Å². The van der Waals surface area contributed by atoms with Crippen LogP contribution in [0.4, 0.5) is 17.6 Å². The molecule has 0 aliphatic carbocycles. The first-order chi connectivity index (χ1) is 16.2. The number of halogens is 6. The van der Waals surface area contributed by atoms with Gasteiger partial charge in [-0.25, -0.2) is 22.2 Å². The molecule has 35 heavy (non-hydrogen) atoms. The molecule has 0 fully saturated rings. The van der Waals surface area contributed by atoms with Crippen molar-refractivity contribution < 1.29 is 30.8 Å². The summed E-state index contributed by atoms with van der Waals surface area (Å²) in [6.45, 7) is 0. The molecule has 1 N–H and O–H groups in total. The standard InChI is InChI=1S/C22H13Cl2F4N3O3S/c1-35(33,34)30-21(32)14-9-16(23)19(10-17(14)25)31-18-7-4-12(8-15(18)20(24)29-31)11-2-5-13(6-3-11)22(26,27)28/h2-10H,1H3,(H,30,32). The summed E-state index contributed by atoms with van der Waals surface area (Å²) in [7, 11) is -3.93. The Balaban J connectivity index is 1.75. The molecule has 3 aromatic carbocycles. The number of rotatable bonds is 4. The fourth-order valence-electron chi connectivity index (χ4n) is 3.39. The van der Waals surface area contributed by atoms with Crippen LogP contribution in [0.15, 0.2) is 54.6 Å². The third kappa shape index (κ3) is 5.12. The van der Waals surface area contributed by atoms with E-state index >= 15 is 0 Å². The van der Waals surface area contributed by atoms with Gasteiger partial charge < -0.3 is 0 Å². The lowest BCUT2D eigenvalue weighted by atomic mass is 10.0. The molecular formula is C22H13Cl2F4N3O3S. The average Bonchev–Trinajstić information content (AvgIpc) is 3.09. The lowest BCUT2D eigenvalue weighted by Crippen LogP contribution is -2.30. The summed E-state index contributed by atoms with van der Waals surface area (Å²) in [5.74, 6) is -2.24. The zero-order valence-corrected chi connectivity index (χ0v) is 19.8. The van der Waals surface area contributed by atoms with Crippen molar-refractivity contribution in [3.05, 3.63) is 81.7 Å². The predicted octanol–water partition coefficient (Wildman–Crippen LogP) is 5.85. The van der Waals surface area contributed by atoms with Crippen LogP contribution >= 0.6 is 23.2 Å². The topological polar surface area (TPSA) is 81.1 Å². The van der Waals surface area contributed by atoms with E-state index in [9.17, 15) is 30.8 Å². The van der Waals surface area contributed by atoms with E-state index in [-0.39, 0.29) is 15.9 Å². The zero-order valence-electron chi connectivity index (χ0n) is 17.5. The Kier molecular flexibility index (Phi) is 6.28. The highest BCUT2D eigenvalue weighted by Crippen LogP contribution is 2.35. The van der Waals surface area contributed by atoms with Gasteiger partial charge in [0.25, 0.3) is 5.91 Å². The first-order valence-corrected chi connectivity index (χ1v) is 12.3. The van der Waals surface area contributed by atoms with Crippen molar-refractivity contribution in [3.8, 4) is 16.8 Å². The second-order valence-electron chi connectivity index (χ2n) is 7.50. The van der Waals surface area contributed by atoms with Gasteiger partial charge in [0.15, 0.2) is 5.15 Å². The number of alkyl halides is 3. The predicted molar refractivity (Wildman–Crippen MR) is 124 cm³/mol. The lowest BCUT2D eigenvalue weighted by molar-refractivity contribution is -0.137. The van der Waals surface area contributed by atoms with Crippen molar-refractivity contribution >= 4 is 50.0 Å². The van der Waals surface area contributed by atoms with E-state index in [4.69, 9.17) is 23.2 Å². The molecular weight excluding hydrogens is 533 g/mol. The van der Waals surface area contributed by atoms with E-state index in [2.05, 4.69) is 5.10 Å². The molecule has 0 saturated carbocycles. The van der Waals surface area contributed by atoms with Crippen LogP contribution in [0.25, 0.3) is 27.7 Å². The second kappa shape index (κ2) is 8.81. The summed E-state index contributed by atoms with van der Waals surface area (Å²) in [5, 5.41) is 4.48. The van der Waals surface area contributed by atoms with Gasteiger partial charge in [0.2, 0.25) is 10.0 Å². The third-order valence-electron chi connectivity index (χ3n) is 4.97. The number of carbonyl (C=O) groups is 1. The molecule has 13 heteroatoms. The van der Waals surface area contributed by atoms with Gasteiger partial charge >= 0.3 is 6.18 Å². The third-order valence-corrected chi connectivity index (χ3v) is 6.11. The van der Waals surface area contributed by atoms with Gasteiger partial charge in [-0.15, -0.1) is 0 Å². The summed E-state index contributed by atoms with van der Waals surface area (Å²) < 4.78 is 78.6. The molecule has 0 spiro atoms. The molecule has 1 amide bonds. The average molecular weight is 546 g/mol. The summed E-state index contributed by atoms with van der Waals surface area (Å²) >= 11 is 12.5. The first-order valence-electron chi connectivity index (χ1n) is 9.62. The maximum atomic E-state index is 14.7. The van der Waals surface area contributed by atoms with Crippen LogP contribution in [0.2, 0.25) is 10.2 Å². The number of fused-ring (bicyclic) bond motifs is 1. The number of nitrogens with zero attached hydrogens (tertiary/aromatic N) is 2. The quantitative estimate of drug-likeness (QED) is 0.326. The molecule has 0 radical (unpaired) electrons. The monoisotopic (exact) mass is 545 g/mol. The number of aromatic nitrogens is 2. The van der Waals surface area contributed by atoms with E-state index in [0.29, 0.717) is 22.0 Å². The minimum atomic E-state index is -4.46. The molecule has 0 aliphatic rings. The van der Waals surface area contributed by atoms with Gasteiger partial charge in [-0.2, -0.15) is 18.3 Å². The minimum absolute atomic E-state index is 0.0177. The van der Waals surface area contributed by atoms with Crippen LogP contribution in [-0.2, 0) is 16.2 Å². The van der Waals surface area contributed by atoms with Gasteiger partial charge in [-0.3, -0.25) is 4.79 Å². The Morgan fingerprint density at radius 3 is 2.23 bits per heavy atom. The van der Waals surface area contributed by atoms with Gasteiger partial charge in [-0.05, 0) is 41.5 Å². The molecule has 0 unspecified atom stereocenters. The number of sulfonamides is 1. The number of nitrogens with one attached hydrogen (secondary N) is 1. The number of hydrogen-bond acceptors (Lipinski definition) is 4. The smallest absolute Gasteiger partial charge is 0.268 e. The van der Waals surface area contributed by atoms with Crippen LogP contribution in [0, 0.1) is 5.82 Å². The highest BCUT2D eigenvalue weighted by molar-refractivity contribution is 7.89. The van der Waals surface area contributed by atoms with Crippen LogP contribution < -0.4 is 4.72 Å². The fraction of sp³-hybridized carbons (Fsp3) is 0.0909. The van der Waals surface area contributed by atoms with Crippen LogP contribution in [0.1, 0.15) is 15.9 Å². The molecule has 4 aromatic rings. The van der Waals surface area contributed by atoms with Gasteiger partial charge in [0.05, 0.1) is 33.6 Å². The van der Waals surface area contributed by atoms with Crippen LogP contribution in [0.3, 0.4) is 0 Å². The largest absolute Gasteiger partial charge is 0.416 e. The summed E-state index contributed by atoms with van der Waals surface area (Å²) in [4.78, 5) is 12.1. The Hall–Kier alpha value is -3.15. The summed E-state index contributed by atoms with van der Waals surface area (Å²) in [6, 6.07) is 11.3. The Bertz CT molecular complexity index is 1580. The number of carbonyl (C=O) groups excluding carboxylic acids is 1. The lowest BCUT2D eigenvalue weighted by Gasteiger charge is -2.10. The van der Waals surface area contributed by atoms with Crippen molar-refractivity contribution in [1.82, 2.24) is 14.5 Å². The van der Waals surface area contributed by atoms with Crippen molar-refractivity contribution in [2.75, 3.05) is 6.26 Å².